The fraction of sp³-hybridized carbons (Fsp3) is 0.500. The fourth-order valence-corrected chi connectivity index (χ4v) is 1.46. The predicted octanol–water partition coefficient (Wildman–Crippen LogP) is 1.75. The molecule has 1 heterocycles. The first-order chi connectivity index (χ1) is 5.81. The van der Waals surface area contributed by atoms with Crippen LogP contribution in [0.3, 0.4) is 0 Å². The smallest absolute Gasteiger partial charge is 0.250 e. The number of hydrogen-bond donors (Lipinski definition) is 0. The van der Waals surface area contributed by atoms with Crippen LogP contribution in [0.15, 0.2) is 23.1 Å². The number of pyridine rings is 1. The predicted molar refractivity (Wildman–Crippen MR) is 48.4 cm³/mol. The summed E-state index contributed by atoms with van der Waals surface area (Å²) in [5, 5.41) is 0. The van der Waals surface area contributed by atoms with Crippen molar-refractivity contribution in [2.45, 2.75) is 32.2 Å². The van der Waals surface area contributed by atoms with Crippen LogP contribution in [0.25, 0.3) is 0 Å². The van der Waals surface area contributed by atoms with E-state index in [2.05, 4.69) is 0 Å². The molecule has 1 fully saturated rings. The highest BCUT2D eigenvalue weighted by atomic mass is 16.1. The molecule has 0 amide bonds. The Kier molecular flexibility index (Phi) is 1.75. The Hall–Kier alpha value is -1.05. The average molecular weight is 163 g/mol. The summed E-state index contributed by atoms with van der Waals surface area (Å²) in [4.78, 5) is 11.2. The highest BCUT2D eigenvalue weighted by Crippen LogP contribution is 2.39. The molecule has 0 aliphatic heterocycles. The summed E-state index contributed by atoms with van der Waals surface area (Å²) >= 11 is 0. The van der Waals surface area contributed by atoms with Crippen molar-refractivity contribution in [3.05, 3.63) is 34.2 Å². The van der Waals surface area contributed by atoms with Crippen LogP contribution in [0.4, 0.5) is 0 Å². The third-order valence-corrected chi connectivity index (χ3v) is 2.40. The summed E-state index contributed by atoms with van der Waals surface area (Å²) in [6, 6.07) is 3.64. The van der Waals surface area contributed by atoms with Crippen LogP contribution in [0, 0.1) is 0 Å². The van der Waals surface area contributed by atoms with Crippen LogP contribution in [0.5, 0.6) is 0 Å². The molecule has 0 bridgehead atoms. The van der Waals surface area contributed by atoms with Crippen LogP contribution in [-0.4, -0.2) is 4.57 Å². The highest BCUT2D eigenvalue weighted by Gasteiger charge is 2.23. The molecule has 1 aromatic heterocycles. The summed E-state index contributed by atoms with van der Waals surface area (Å²) in [6.07, 6.45) is 4.59. The van der Waals surface area contributed by atoms with Gasteiger partial charge in [-0.25, -0.2) is 0 Å². The van der Waals surface area contributed by atoms with Gasteiger partial charge in [0.05, 0.1) is 0 Å². The fourth-order valence-electron chi connectivity index (χ4n) is 1.46. The minimum atomic E-state index is 0.113. The number of nitrogens with zero attached hydrogens (tertiary/aromatic N) is 1. The average Bonchev–Trinajstić information content (AvgIpc) is 2.88. The lowest BCUT2D eigenvalue weighted by atomic mass is 10.2. The normalized spacial score (nSPS) is 16.4. The van der Waals surface area contributed by atoms with Crippen LogP contribution in [0.1, 0.15) is 31.2 Å². The lowest BCUT2D eigenvalue weighted by molar-refractivity contribution is 0.718. The first-order valence-corrected chi connectivity index (χ1v) is 4.51. The maximum atomic E-state index is 11.2. The zero-order valence-electron chi connectivity index (χ0n) is 7.29. The van der Waals surface area contributed by atoms with Gasteiger partial charge < -0.3 is 4.57 Å². The molecule has 2 rings (SSSR count). The van der Waals surface area contributed by atoms with E-state index in [1.165, 1.54) is 18.4 Å². The molecule has 0 saturated heterocycles. The summed E-state index contributed by atoms with van der Waals surface area (Å²) in [5.41, 5.74) is 1.44. The van der Waals surface area contributed by atoms with Crippen molar-refractivity contribution in [2.24, 2.45) is 0 Å². The van der Waals surface area contributed by atoms with Gasteiger partial charge in [-0.05, 0) is 31.2 Å². The molecule has 0 unspecified atom stereocenters. The van der Waals surface area contributed by atoms with E-state index in [0.717, 1.165) is 12.5 Å². The lowest BCUT2D eigenvalue weighted by Crippen LogP contribution is -2.17. The third kappa shape index (κ3) is 1.29. The molecule has 2 heteroatoms. The molecule has 0 spiro atoms. The Morgan fingerprint density at radius 1 is 1.50 bits per heavy atom. The van der Waals surface area contributed by atoms with Gasteiger partial charge in [0.1, 0.15) is 0 Å². The first-order valence-electron chi connectivity index (χ1n) is 4.51. The van der Waals surface area contributed by atoms with Gasteiger partial charge in [0.15, 0.2) is 0 Å². The maximum absolute atomic E-state index is 11.2. The molecule has 2 nitrogen and oxygen atoms in total. The second kappa shape index (κ2) is 2.77. The zero-order chi connectivity index (χ0) is 8.55. The highest BCUT2D eigenvalue weighted by molar-refractivity contribution is 5.20. The third-order valence-electron chi connectivity index (χ3n) is 2.40. The van der Waals surface area contributed by atoms with Crippen LogP contribution >= 0.6 is 0 Å². The van der Waals surface area contributed by atoms with Gasteiger partial charge >= 0.3 is 0 Å². The number of aromatic nitrogens is 1. The Balaban J connectivity index is 2.40. The Bertz CT molecular complexity index is 336. The van der Waals surface area contributed by atoms with Gasteiger partial charge in [-0.15, -0.1) is 0 Å². The Morgan fingerprint density at radius 2 is 2.25 bits per heavy atom. The minimum absolute atomic E-state index is 0.113. The van der Waals surface area contributed by atoms with E-state index in [-0.39, 0.29) is 5.56 Å². The van der Waals surface area contributed by atoms with Gasteiger partial charge in [-0.2, -0.15) is 0 Å². The van der Waals surface area contributed by atoms with Crippen molar-refractivity contribution in [3.8, 4) is 0 Å². The molecule has 1 aromatic rings. The monoisotopic (exact) mass is 163 g/mol. The summed E-state index contributed by atoms with van der Waals surface area (Å²) in [7, 11) is 0. The molecule has 1 aliphatic carbocycles. The van der Waals surface area contributed by atoms with E-state index in [4.69, 9.17) is 0 Å². The van der Waals surface area contributed by atoms with Gasteiger partial charge in [0.2, 0.25) is 0 Å². The van der Waals surface area contributed by atoms with Crippen molar-refractivity contribution >= 4 is 0 Å². The molecule has 12 heavy (non-hydrogen) atoms. The second-order valence-corrected chi connectivity index (χ2v) is 3.36. The SMILES string of the molecule is CCn1cc(C2CC2)ccc1=O. The largest absolute Gasteiger partial charge is 0.316 e. The maximum Gasteiger partial charge on any atom is 0.250 e. The Labute approximate surface area is 71.8 Å². The standard InChI is InChI=1S/C10H13NO/c1-2-11-7-9(8-3-4-8)5-6-10(11)12/h5-8H,2-4H2,1H3. The van der Waals surface area contributed by atoms with Gasteiger partial charge in [0.25, 0.3) is 5.56 Å². The van der Waals surface area contributed by atoms with E-state index < -0.39 is 0 Å². The van der Waals surface area contributed by atoms with Crippen LogP contribution in [-0.2, 0) is 6.54 Å². The molecule has 1 aliphatic rings. The topological polar surface area (TPSA) is 22.0 Å². The van der Waals surface area contributed by atoms with Crippen molar-refractivity contribution in [2.75, 3.05) is 0 Å². The molecule has 0 atom stereocenters. The summed E-state index contributed by atoms with van der Waals surface area (Å²) in [5.74, 6) is 0.739. The summed E-state index contributed by atoms with van der Waals surface area (Å²) in [6.45, 7) is 2.78. The van der Waals surface area contributed by atoms with Crippen molar-refractivity contribution in [1.29, 1.82) is 0 Å². The van der Waals surface area contributed by atoms with E-state index in [1.807, 2.05) is 19.2 Å². The van der Waals surface area contributed by atoms with E-state index in [9.17, 15) is 4.79 Å². The van der Waals surface area contributed by atoms with Crippen molar-refractivity contribution < 1.29 is 0 Å². The van der Waals surface area contributed by atoms with E-state index in [1.54, 1.807) is 10.6 Å². The number of aryl methyl sites for hydroxylation is 1. The van der Waals surface area contributed by atoms with Crippen molar-refractivity contribution in [3.63, 3.8) is 0 Å². The number of rotatable bonds is 2. The molecule has 64 valence electrons. The summed E-state index contributed by atoms with van der Waals surface area (Å²) < 4.78 is 1.77. The minimum Gasteiger partial charge on any atom is -0.316 e. The quantitative estimate of drug-likeness (QED) is 0.651. The molecular weight excluding hydrogens is 150 g/mol. The van der Waals surface area contributed by atoms with E-state index in [0.29, 0.717) is 0 Å². The van der Waals surface area contributed by atoms with E-state index >= 15 is 0 Å². The molecule has 1 saturated carbocycles. The van der Waals surface area contributed by atoms with Gasteiger partial charge in [-0.1, -0.05) is 6.07 Å². The molecule has 0 N–H and O–H groups in total. The molecule has 0 aromatic carbocycles. The van der Waals surface area contributed by atoms with Gasteiger partial charge in [-0.3, -0.25) is 4.79 Å². The molecule has 0 radical (unpaired) electrons. The van der Waals surface area contributed by atoms with Crippen LogP contribution in [0.2, 0.25) is 0 Å². The second-order valence-electron chi connectivity index (χ2n) is 3.36. The molecular formula is C10H13NO. The Morgan fingerprint density at radius 3 is 2.83 bits per heavy atom. The first kappa shape index (κ1) is 7.59. The van der Waals surface area contributed by atoms with Gasteiger partial charge in [0, 0.05) is 18.8 Å². The number of hydrogen-bond acceptors (Lipinski definition) is 1. The van der Waals surface area contributed by atoms with Crippen molar-refractivity contribution in [1.82, 2.24) is 4.57 Å². The van der Waals surface area contributed by atoms with Crippen LogP contribution < -0.4 is 5.56 Å². The lowest BCUT2D eigenvalue weighted by Gasteiger charge is -2.03. The zero-order valence-corrected chi connectivity index (χ0v) is 7.29.